The lowest BCUT2D eigenvalue weighted by Gasteiger charge is -2.33. The molecule has 0 bridgehead atoms. The summed E-state index contributed by atoms with van der Waals surface area (Å²) in [4.78, 5) is 4.21. The zero-order valence-corrected chi connectivity index (χ0v) is 8.95. The molecule has 1 aliphatic carbocycles. The van der Waals surface area contributed by atoms with Crippen molar-refractivity contribution in [1.82, 2.24) is 9.55 Å². The maximum absolute atomic E-state index is 9.34. The van der Waals surface area contributed by atoms with Crippen molar-refractivity contribution in [3.63, 3.8) is 0 Å². The molecule has 1 heterocycles. The van der Waals surface area contributed by atoms with E-state index >= 15 is 0 Å². The molecule has 82 valence electrons. The van der Waals surface area contributed by atoms with Gasteiger partial charge in [-0.05, 0) is 18.4 Å². The van der Waals surface area contributed by atoms with E-state index in [4.69, 9.17) is 0 Å². The van der Waals surface area contributed by atoms with E-state index in [-0.39, 0.29) is 6.10 Å². The monoisotopic (exact) mass is 214 g/mol. The minimum Gasteiger partial charge on any atom is -0.393 e. The van der Waals surface area contributed by atoms with Crippen molar-refractivity contribution in [2.45, 2.75) is 25.0 Å². The molecule has 1 N–H and O–H groups in total. The van der Waals surface area contributed by atoms with Crippen LogP contribution in [0.1, 0.15) is 18.9 Å². The molecule has 0 amide bonds. The highest BCUT2D eigenvalue weighted by Gasteiger charge is 2.29. The van der Waals surface area contributed by atoms with Crippen LogP contribution in [0.4, 0.5) is 0 Å². The Morgan fingerprint density at radius 3 is 2.62 bits per heavy atom. The van der Waals surface area contributed by atoms with E-state index in [0.717, 1.165) is 18.5 Å². The van der Waals surface area contributed by atoms with Crippen molar-refractivity contribution in [2.24, 2.45) is 0 Å². The highest BCUT2D eigenvalue weighted by Crippen LogP contribution is 2.35. The van der Waals surface area contributed by atoms with E-state index in [1.807, 2.05) is 30.7 Å². The summed E-state index contributed by atoms with van der Waals surface area (Å²) in [7, 11) is 0. The van der Waals surface area contributed by atoms with Gasteiger partial charge in [-0.2, -0.15) is 0 Å². The van der Waals surface area contributed by atoms with Gasteiger partial charge in [-0.3, -0.25) is 0 Å². The van der Waals surface area contributed by atoms with Crippen LogP contribution in [0.25, 0.3) is 11.3 Å². The van der Waals surface area contributed by atoms with Crippen LogP contribution in [-0.4, -0.2) is 20.8 Å². The number of nitrogens with zero attached hydrogens (tertiary/aromatic N) is 2. The molecule has 0 atom stereocenters. The van der Waals surface area contributed by atoms with Gasteiger partial charge in [0.05, 0.1) is 24.3 Å². The zero-order chi connectivity index (χ0) is 11.0. The molecule has 0 spiro atoms. The van der Waals surface area contributed by atoms with Gasteiger partial charge in [0.15, 0.2) is 0 Å². The topological polar surface area (TPSA) is 38.0 Å². The summed E-state index contributed by atoms with van der Waals surface area (Å²) in [5.74, 6) is 0. The molecule has 0 saturated heterocycles. The normalized spacial score (nSPS) is 24.1. The van der Waals surface area contributed by atoms with Crippen molar-refractivity contribution in [2.75, 3.05) is 0 Å². The summed E-state index contributed by atoms with van der Waals surface area (Å²) >= 11 is 0. The van der Waals surface area contributed by atoms with E-state index in [0.29, 0.717) is 6.04 Å². The predicted molar refractivity (Wildman–Crippen MR) is 61.9 cm³/mol. The van der Waals surface area contributed by atoms with Gasteiger partial charge in [-0.25, -0.2) is 4.98 Å². The largest absolute Gasteiger partial charge is 0.393 e. The smallest absolute Gasteiger partial charge is 0.0953 e. The van der Waals surface area contributed by atoms with Crippen LogP contribution in [0, 0.1) is 0 Å². The quantitative estimate of drug-likeness (QED) is 0.832. The second kappa shape index (κ2) is 3.76. The first-order valence-electron chi connectivity index (χ1n) is 5.60. The Bertz CT molecular complexity index is 472. The lowest BCUT2D eigenvalue weighted by Crippen LogP contribution is -2.30. The Labute approximate surface area is 94.4 Å². The maximum Gasteiger partial charge on any atom is 0.0953 e. The van der Waals surface area contributed by atoms with Gasteiger partial charge in [0, 0.05) is 6.04 Å². The molecule has 1 fully saturated rings. The van der Waals surface area contributed by atoms with E-state index in [1.165, 1.54) is 5.56 Å². The van der Waals surface area contributed by atoms with Gasteiger partial charge in [-0.15, -0.1) is 0 Å². The molecule has 2 aromatic rings. The third-order valence-corrected chi connectivity index (χ3v) is 3.22. The molecule has 0 aliphatic heterocycles. The van der Waals surface area contributed by atoms with Crippen molar-refractivity contribution in [1.29, 1.82) is 0 Å². The fourth-order valence-corrected chi connectivity index (χ4v) is 2.21. The number of aliphatic hydroxyl groups excluding tert-OH is 1. The number of hydrogen-bond acceptors (Lipinski definition) is 2. The molecule has 1 saturated carbocycles. The van der Waals surface area contributed by atoms with E-state index in [9.17, 15) is 5.11 Å². The second-order valence-electron chi connectivity index (χ2n) is 4.33. The molecule has 1 aliphatic rings. The summed E-state index contributed by atoms with van der Waals surface area (Å²) in [6.07, 6.45) is 5.31. The number of benzene rings is 1. The Kier molecular flexibility index (Phi) is 2.26. The first-order chi connectivity index (χ1) is 7.84. The Hall–Kier alpha value is -1.61. The third kappa shape index (κ3) is 1.53. The molecule has 3 nitrogen and oxygen atoms in total. The van der Waals surface area contributed by atoms with Crippen LogP contribution in [0.2, 0.25) is 0 Å². The summed E-state index contributed by atoms with van der Waals surface area (Å²) < 4.78 is 2.17. The zero-order valence-electron chi connectivity index (χ0n) is 8.95. The minimum atomic E-state index is -0.129. The van der Waals surface area contributed by atoms with Gasteiger partial charge in [0.1, 0.15) is 0 Å². The van der Waals surface area contributed by atoms with E-state index < -0.39 is 0 Å². The van der Waals surface area contributed by atoms with E-state index in [1.54, 1.807) is 0 Å². The number of aromatic nitrogens is 2. The lowest BCUT2D eigenvalue weighted by molar-refractivity contribution is 0.0491. The van der Waals surface area contributed by atoms with Crippen LogP contribution in [0.3, 0.4) is 0 Å². The average Bonchev–Trinajstić information content (AvgIpc) is 2.74. The Morgan fingerprint density at radius 1 is 1.19 bits per heavy atom. The molecule has 0 radical (unpaired) electrons. The van der Waals surface area contributed by atoms with Gasteiger partial charge < -0.3 is 9.67 Å². The van der Waals surface area contributed by atoms with Crippen LogP contribution >= 0.6 is 0 Å². The molecule has 0 unspecified atom stereocenters. The molecule has 1 aromatic heterocycles. The van der Waals surface area contributed by atoms with Crippen LogP contribution in [0.5, 0.6) is 0 Å². The molecule has 1 aromatic carbocycles. The second-order valence-corrected chi connectivity index (χ2v) is 4.33. The van der Waals surface area contributed by atoms with Crippen molar-refractivity contribution < 1.29 is 5.11 Å². The maximum atomic E-state index is 9.34. The van der Waals surface area contributed by atoms with Gasteiger partial charge in [0.2, 0.25) is 0 Å². The summed E-state index contributed by atoms with van der Waals surface area (Å²) in [6.45, 7) is 0. The van der Waals surface area contributed by atoms with Gasteiger partial charge in [0.25, 0.3) is 0 Å². The van der Waals surface area contributed by atoms with E-state index in [2.05, 4.69) is 21.7 Å². The Balaban J connectivity index is 1.94. The molecular formula is C13H14N2O. The van der Waals surface area contributed by atoms with Crippen molar-refractivity contribution >= 4 is 0 Å². The number of aliphatic hydroxyl groups is 1. The van der Waals surface area contributed by atoms with Crippen LogP contribution in [0.15, 0.2) is 42.9 Å². The number of hydrogen-bond donors (Lipinski definition) is 1. The molecule has 3 heteroatoms. The number of imidazole rings is 1. The third-order valence-electron chi connectivity index (χ3n) is 3.22. The fraction of sp³-hybridized carbons (Fsp3) is 0.308. The first-order valence-corrected chi connectivity index (χ1v) is 5.60. The average molecular weight is 214 g/mol. The standard InChI is InChI=1S/C13H14N2O/c16-12-6-11(7-12)15-9-14-8-13(15)10-4-2-1-3-5-10/h1-5,8-9,11-12,16H,6-7H2. The summed E-state index contributed by atoms with van der Waals surface area (Å²) in [5.41, 5.74) is 2.32. The molecule has 16 heavy (non-hydrogen) atoms. The Morgan fingerprint density at radius 2 is 1.94 bits per heavy atom. The molecule has 3 rings (SSSR count). The highest BCUT2D eigenvalue weighted by molar-refractivity contribution is 5.58. The SMILES string of the molecule is OC1CC(n2cncc2-c2ccccc2)C1. The molecular weight excluding hydrogens is 200 g/mol. The van der Waals surface area contributed by atoms with Crippen LogP contribution < -0.4 is 0 Å². The van der Waals surface area contributed by atoms with Crippen molar-refractivity contribution in [3.8, 4) is 11.3 Å². The van der Waals surface area contributed by atoms with Gasteiger partial charge in [-0.1, -0.05) is 30.3 Å². The summed E-state index contributed by atoms with van der Waals surface area (Å²) in [5, 5.41) is 9.34. The van der Waals surface area contributed by atoms with Crippen LogP contribution in [-0.2, 0) is 0 Å². The first kappa shape index (κ1) is 9.60. The lowest BCUT2D eigenvalue weighted by atomic mass is 9.89. The van der Waals surface area contributed by atoms with Gasteiger partial charge >= 0.3 is 0 Å². The fourth-order valence-electron chi connectivity index (χ4n) is 2.21. The predicted octanol–water partition coefficient (Wildman–Crippen LogP) is 2.25. The number of rotatable bonds is 2. The minimum absolute atomic E-state index is 0.129. The highest BCUT2D eigenvalue weighted by atomic mass is 16.3. The summed E-state index contributed by atoms with van der Waals surface area (Å²) in [6, 6.07) is 10.7. The van der Waals surface area contributed by atoms with Crippen molar-refractivity contribution in [3.05, 3.63) is 42.9 Å².